The minimum absolute atomic E-state index is 0.0370. The van der Waals surface area contributed by atoms with Gasteiger partial charge in [-0.2, -0.15) is 5.01 Å². The maximum absolute atomic E-state index is 12.2. The van der Waals surface area contributed by atoms with Crippen LogP contribution in [-0.4, -0.2) is 55.1 Å². The Morgan fingerprint density at radius 3 is 2.37 bits per heavy atom. The first-order chi connectivity index (χ1) is 13.1. The van der Waals surface area contributed by atoms with Gasteiger partial charge >= 0.3 is 18.3 Å². The summed E-state index contributed by atoms with van der Waals surface area (Å²) in [6.07, 6.45) is 1.19. The van der Waals surface area contributed by atoms with Crippen molar-refractivity contribution in [1.29, 1.82) is 0 Å². The largest absolute Gasteiger partial charge is 0.443 e. The third-order valence-electron chi connectivity index (χ3n) is 3.96. The molecule has 1 aromatic rings. The van der Waals surface area contributed by atoms with Gasteiger partial charge in [-0.3, -0.25) is 0 Å². The summed E-state index contributed by atoms with van der Waals surface area (Å²) in [7, 11) is 1.34. The van der Waals surface area contributed by atoms with Crippen molar-refractivity contribution in [3.63, 3.8) is 0 Å². The van der Waals surface area contributed by atoms with Crippen molar-refractivity contribution in [1.82, 2.24) is 15.3 Å². The lowest BCUT2D eigenvalue weighted by molar-refractivity contribution is 0.0172. The highest BCUT2D eigenvalue weighted by Gasteiger charge is 2.25. The van der Waals surface area contributed by atoms with Crippen molar-refractivity contribution >= 4 is 18.3 Å². The molecule has 9 heteroatoms. The van der Waals surface area contributed by atoms with Gasteiger partial charge in [-0.25, -0.2) is 19.8 Å². The van der Waals surface area contributed by atoms with Crippen LogP contribution in [0.3, 0.4) is 0 Å². The molecule has 1 N–H and O–H groups in total. The predicted octanol–water partition coefficient (Wildman–Crippen LogP) is 2.87. The Bertz CT molecular complexity index is 617. The number of benzene rings is 1. The van der Waals surface area contributed by atoms with E-state index in [0.29, 0.717) is 13.1 Å². The maximum Gasteiger partial charge on any atom is 0.440 e. The Hall–Kier alpha value is -2.81. The van der Waals surface area contributed by atoms with E-state index in [9.17, 15) is 14.4 Å². The zero-order valence-corrected chi connectivity index (χ0v) is 15.4. The SMILES string of the molecule is COCN(NC(=O)OCc1ccccc1)C(=O)OC(=O)N1CCCCCC1. The van der Waals surface area contributed by atoms with Crippen LogP contribution in [0.2, 0.25) is 0 Å². The molecule has 0 saturated carbocycles. The van der Waals surface area contributed by atoms with Crippen LogP contribution in [0.4, 0.5) is 14.4 Å². The Morgan fingerprint density at radius 2 is 1.74 bits per heavy atom. The second-order valence-corrected chi connectivity index (χ2v) is 6.05. The fourth-order valence-corrected chi connectivity index (χ4v) is 2.57. The molecule has 27 heavy (non-hydrogen) atoms. The van der Waals surface area contributed by atoms with Gasteiger partial charge < -0.3 is 19.1 Å². The maximum atomic E-state index is 12.2. The summed E-state index contributed by atoms with van der Waals surface area (Å²) in [5.41, 5.74) is 3.01. The summed E-state index contributed by atoms with van der Waals surface area (Å²) >= 11 is 0. The third kappa shape index (κ3) is 7.14. The van der Waals surface area contributed by atoms with Crippen molar-refractivity contribution in [2.24, 2.45) is 0 Å². The van der Waals surface area contributed by atoms with Crippen molar-refractivity contribution in [2.45, 2.75) is 32.3 Å². The molecule has 1 aromatic carbocycles. The second-order valence-electron chi connectivity index (χ2n) is 6.05. The molecule has 0 spiro atoms. The van der Waals surface area contributed by atoms with Crippen LogP contribution in [0.15, 0.2) is 30.3 Å². The highest BCUT2D eigenvalue weighted by Crippen LogP contribution is 2.11. The molecule has 3 amide bonds. The number of hydrogen-bond acceptors (Lipinski definition) is 6. The number of likely N-dealkylation sites (tertiary alicyclic amines) is 1. The second kappa shape index (κ2) is 11.0. The Balaban J connectivity index is 1.83. The first-order valence-corrected chi connectivity index (χ1v) is 8.84. The van der Waals surface area contributed by atoms with Crippen LogP contribution >= 0.6 is 0 Å². The first kappa shape index (κ1) is 20.5. The summed E-state index contributed by atoms with van der Waals surface area (Å²) in [5.74, 6) is 0. The van der Waals surface area contributed by atoms with Crippen molar-refractivity contribution < 1.29 is 28.6 Å². The van der Waals surface area contributed by atoms with Gasteiger partial charge in [0.2, 0.25) is 0 Å². The molecule has 1 aliphatic rings. The molecule has 0 atom stereocenters. The van der Waals surface area contributed by atoms with E-state index < -0.39 is 18.3 Å². The molecule has 1 fully saturated rings. The van der Waals surface area contributed by atoms with Crippen LogP contribution in [0, 0.1) is 0 Å². The number of amides is 3. The van der Waals surface area contributed by atoms with Crippen molar-refractivity contribution in [2.75, 3.05) is 26.9 Å². The lowest BCUT2D eigenvalue weighted by Gasteiger charge is -2.23. The number of methoxy groups -OCH3 is 1. The number of rotatable bonds is 4. The fourth-order valence-electron chi connectivity index (χ4n) is 2.57. The fraction of sp³-hybridized carbons (Fsp3) is 0.500. The average molecular weight is 379 g/mol. The normalized spacial score (nSPS) is 14.0. The number of nitrogens with zero attached hydrogens (tertiary/aromatic N) is 2. The quantitative estimate of drug-likeness (QED) is 0.491. The molecule has 9 nitrogen and oxygen atoms in total. The summed E-state index contributed by atoms with van der Waals surface area (Å²) in [4.78, 5) is 37.7. The van der Waals surface area contributed by atoms with Crippen LogP contribution < -0.4 is 5.43 Å². The molecule has 0 unspecified atom stereocenters. The van der Waals surface area contributed by atoms with E-state index in [1.165, 1.54) is 12.0 Å². The van der Waals surface area contributed by atoms with E-state index in [0.717, 1.165) is 36.3 Å². The van der Waals surface area contributed by atoms with Gasteiger partial charge in [0.25, 0.3) is 0 Å². The van der Waals surface area contributed by atoms with Crippen LogP contribution in [0.25, 0.3) is 0 Å². The molecule has 1 aliphatic heterocycles. The van der Waals surface area contributed by atoms with Gasteiger partial charge in [-0.15, -0.1) is 0 Å². The summed E-state index contributed by atoms with van der Waals surface area (Å²) in [5, 5.41) is 0.739. The number of carbonyl (C=O) groups is 3. The number of ether oxygens (including phenoxy) is 3. The summed E-state index contributed by atoms with van der Waals surface area (Å²) < 4.78 is 14.8. The highest BCUT2D eigenvalue weighted by molar-refractivity contribution is 5.84. The topological polar surface area (TPSA) is 97.4 Å². The number of nitrogens with one attached hydrogen (secondary N) is 1. The standard InChI is InChI=1S/C18H25N3O6/c1-25-14-21(19-16(22)26-13-15-9-5-4-6-10-15)18(24)27-17(23)20-11-7-2-3-8-12-20/h4-6,9-10H,2-3,7-8,11-14H2,1H3,(H,19,22). The highest BCUT2D eigenvalue weighted by atomic mass is 16.6. The van der Waals surface area contributed by atoms with E-state index in [4.69, 9.17) is 14.2 Å². The molecule has 1 heterocycles. The Kier molecular flexibility index (Phi) is 8.37. The summed E-state index contributed by atoms with van der Waals surface area (Å²) in [6, 6.07) is 9.09. The third-order valence-corrected chi connectivity index (χ3v) is 3.96. The van der Waals surface area contributed by atoms with E-state index in [1.807, 2.05) is 18.2 Å². The molecule has 2 rings (SSSR count). The summed E-state index contributed by atoms with van der Waals surface area (Å²) in [6.45, 7) is 0.827. The number of hydrazine groups is 1. The lowest BCUT2D eigenvalue weighted by atomic mass is 10.2. The number of hydrogen-bond donors (Lipinski definition) is 1. The molecule has 148 valence electrons. The molecule has 0 aromatic heterocycles. The van der Waals surface area contributed by atoms with Gasteiger partial charge in [0, 0.05) is 20.2 Å². The first-order valence-electron chi connectivity index (χ1n) is 8.84. The molecule has 1 saturated heterocycles. The van der Waals surface area contributed by atoms with E-state index >= 15 is 0 Å². The monoisotopic (exact) mass is 379 g/mol. The zero-order chi connectivity index (χ0) is 19.5. The van der Waals surface area contributed by atoms with Crippen molar-refractivity contribution in [3.8, 4) is 0 Å². The Morgan fingerprint density at radius 1 is 1.07 bits per heavy atom. The van der Waals surface area contributed by atoms with Crippen LogP contribution in [-0.2, 0) is 20.8 Å². The average Bonchev–Trinajstić information content (AvgIpc) is 2.96. The minimum Gasteiger partial charge on any atom is -0.443 e. The van der Waals surface area contributed by atoms with Gasteiger partial charge in [0.05, 0.1) is 0 Å². The van der Waals surface area contributed by atoms with Crippen molar-refractivity contribution in [3.05, 3.63) is 35.9 Å². The zero-order valence-electron chi connectivity index (χ0n) is 15.4. The molecular formula is C18H25N3O6. The lowest BCUT2D eigenvalue weighted by Crippen LogP contribution is -2.49. The van der Waals surface area contributed by atoms with E-state index in [1.54, 1.807) is 12.1 Å². The van der Waals surface area contributed by atoms with Gasteiger partial charge in [-0.1, -0.05) is 43.2 Å². The number of carbonyl (C=O) groups excluding carboxylic acids is 3. The molecule has 0 aliphatic carbocycles. The predicted molar refractivity (Wildman–Crippen MR) is 95.4 cm³/mol. The van der Waals surface area contributed by atoms with E-state index in [2.05, 4.69) is 5.43 Å². The Labute approximate surface area is 158 Å². The van der Waals surface area contributed by atoms with Gasteiger partial charge in [-0.05, 0) is 18.4 Å². The molecule has 0 radical (unpaired) electrons. The van der Waals surface area contributed by atoms with Gasteiger partial charge in [0.15, 0.2) is 0 Å². The van der Waals surface area contributed by atoms with E-state index in [-0.39, 0.29) is 13.3 Å². The smallest absolute Gasteiger partial charge is 0.440 e. The minimum atomic E-state index is -1.04. The van der Waals surface area contributed by atoms with Crippen LogP contribution in [0.5, 0.6) is 0 Å². The van der Waals surface area contributed by atoms with Crippen LogP contribution in [0.1, 0.15) is 31.2 Å². The molecule has 0 bridgehead atoms. The van der Waals surface area contributed by atoms with Gasteiger partial charge in [0.1, 0.15) is 13.3 Å². The molecular weight excluding hydrogens is 354 g/mol.